The molecular formula is C28H34N2O6. The summed E-state index contributed by atoms with van der Waals surface area (Å²) in [5.41, 5.74) is 1.80. The molecule has 2 fully saturated rings. The summed E-state index contributed by atoms with van der Waals surface area (Å²) >= 11 is 0. The molecular weight excluding hydrogens is 460 g/mol. The number of carbonyl (C=O) groups excluding carboxylic acids is 3. The van der Waals surface area contributed by atoms with Gasteiger partial charge in [0, 0.05) is 0 Å². The Labute approximate surface area is 211 Å². The molecule has 1 aliphatic carbocycles. The summed E-state index contributed by atoms with van der Waals surface area (Å²) in [7, 11) is 0. The van der Waals surface area contributed by atoms with Gasteiger partial charge in [-0.25, -0.2) is 4.79 Å². The summed E-state index contributed by atoms with van der Waals surface area (Å²) < 4.78 is 16.5. The summed E-state index contributed by atoms with van der Waals surface area (Å²) in [6.45, 7) is 0.367. The maximum absolute atomic E-state index is 13.3. The van der Waals surface area contributed by atoms with E-state index in [2.05, 4.69) is 10.6 Å². The van der Waals surface area contributed by atoms with Crippen LogP contribution in [0.2, 0.25) is 0 Å². The lowest BCUT2D eigenvalue weighted by atomic mass is 9.84. The van der Waals surface area contributed by atoms with Gasteiger partial charge >= 0.3 is 12.1 Å². The van der Waals surface area contributed by atoms with E-state index in [-0.39, 0.29) is 25.5 Å². The highest BCUT2D eigenvalue weighted by atomic mass is 16.7. The molecule has 0 radical (unpaired) electrons. The molecule has 2 N–H and O–H groups in total. The van der Waals surface area contributed by atoms with Crippen molar-refractivity contribution < 1.29 is 28.6 Å². The highest BCUT2D eigenvalue weighted by Crippen LogP contribution is 2.28. The molecule has 2 aromatic rings. The highest BCUT2D eigenvalue weighted by Gasteiger charge is 2.38. The Morgan fingerprint density at radius 3 is 2.22 bits per heavy atom. The number of hydrogen-bond donors (Lipinski definition) is 2. The van der Waals surface area contributed by atoms with Crippen LogP contribution in [0.15, 0.2) is 60.7 Å². The molecule has 3 atom stereocenters. The number of amides is 2. The van der Waals surface area contributed by atoms with Crippen LogP contribution in [0.5, 0.6) is 0 Å². The summed E-state index contributed by atoms with van der Waals surface area (Å²) in [6, 6.07) is 17.5. The summed E-state index contributed by atoms with van der Waals surface area (Å²) in [6.07, 6.45) is 4.49. The van der Waals surface area contributed by atoms with Crippen molar-refractivity contribution in [3.05, 3.63) is 71.8 Å². The van der Waals surface area contributed by atoms with Gasteiger partial charge in [0.05, 0.1) is 13.0 Å². The lowest BCUT2D eigenvalue weighted by Crippen LogP contribution is -2.52. The van der Waals surface area contributed by atoms with Crippen molar-refractivity contribution in [2.24, 2.45) is 5.92 Å². The first-order valence-electron chi connectivity index (χ1n) is 12.7. The fraction of sp³-hybridized carbons (Fsp3) is 0.464. The summed E-state index contributed by atoms with van der Waals surface area (Å²) in [5, 5.41) is 5.64. The second-order valence-corrected chi connectivity index (χ2v) is 9.47. The highest BCUT2D eigenvalue weighted by molar-refractivity contribution is 5.86. The molecule has 0 bridgehead atoms. The zero-order valence-electron chi connectivity index (χ0n) is 20.4. The third-order valence-electron chi connectivity index (χ3n) is 6.66. The average Bonchev–Trinajstić information content (AvgIpc) is 3.26. The van der Waals surface area contributed by atoms with Crippen LogP contribution in [-0.4, -0.2) is 36.3 Å². The minimum absolute atomic E-state index is 0.0137. The van der Waals surface area contributed by atoms with E-state index in [0.29, 0.717) is 12.3 Å². The monoisotopic (exact) mass is 494 g/mol. The molecule has 1 aliphatic heterocycles. The zero-order valence-corrected chi connectivity index (χ0v) is 20.4. The molecule has 36 heavy (non-hydrogen) atoms. The van der Waals surface area contributed by atoms with Crippen LogP contribution in [0, 0.1) is 5.92 Å². The van der Waals surface area contributed by atoms with E-state index >= 15 is 0 Å². The Morgan fingerprint density at radius 1 is 0.917 bits per heavy atom. The van der Waals surface area contributed by atoms with Crippen LogP contribution in [-0.2, 0) is 37.0 Å². The maximum atomic E-state index is 13.3. The number of esters is 1. The van der Waals surface area contributed by atoms with E-state index < -0.39 is 30.4 Å². The van der Waals surface area contributed by atoms with Crippen molar-refractivity contribution in [1.29, 1.82) is 0 Å². The average molecular weight is 495 g/mol. The van der Waals surface area contributed by atoms with Gasteiger partial charge in [0.15, 0.2) is 0 Å². The van der Waals surface area contributed by atoms with Gasteiger partial charge in [-0.05, 0) is 23.5 Å². The second kappa shape index (κ2) is 13.1. The standard InChI is InChI=1S/C28H34N2O6/c31-25-17-24(27(36-25)34-18-21-12-6-2-7-13-21)29-26(32)23(16-20-10-4-1-5-11-20)30-28(33)35-19-22-14-8-3-9-15-22/h2-3,6-9,12-15,20,23-24,27H,1,4-5,10-11,16-19H2,(H,29,32)(H,30,33)/t23-,24-,27?/m0/s1. The van der Waals surface area contributed by atoms with Crippen molar-refractivity contribution >= 4 is 18.0 Å². The lowest BCUT2D eigenvalue weighted by Gasteiger charge is -2.28. The van der Waals surface area contributed by atoms with Gasteiger partial charge in [0.1, 0.15) is 18.7 Å². The molecule has 1 unspecified atom stereocenters. The van der Waals surface area contributed by atoms with Crippen molar-refractivity contribution in [3.63, 3.8) is 0 Å². The quantitative estimate of drug-likeness (QED) is 0.479. The SMILES string of the molecule is O=C1C[C@H](NC(=O)[C@H](CC2CCCCC2)NC(=O)OCc2ccccc2)C(OCc2ccccc2)O1. The first kappa shape index (κ1) is 25.7. The van der Waals surface area contributed by atoms with Gasteiger partial charge in [-0.15, -0.1) is 0 Å². The Morgan fingerprint density at radius 2 is 1.56 bits per heavy atom. The summed E-state index contributed by atoms with van der Waals surface area (Å²) in [5.74, 6) is -0.457. The fourth-order valence-corrected chi connectivity index (χ4v) is 4.74. The second-order valence-electron chi connectivity index (χ2n) is 9.47. The number of hydrogen-bond acceptors (Lipinski definition) is 6. The van der Waals surface area contributed by atoms with Gasteiger partial charge in [0.25, 0.3) is 0 Å². The van der Waals surface area contributed by atoms with Gasteiger partial charge in [0.2, 0.25) is 12.2 Å². The fourth-order valence-electron chi connectivity index (χ4n) is 4.74. The van der Waals surface area contributed by atoms with Crippen molar-refractivity contribution in [1.82, 2.24) is 10.6 Å². The third-order valence-corrected chi connectivity index (χ3v) is 6.66. The number of ether oxygens (including phenoxy) is 3. The predicted molar refractivity (Wildman–Crippen MR) is 132 cm³/mol. The van der Waals surface area contributed by atoms with Crippen molar-refractivity contribution in [2.75, 3.05) is 0 Å². The predicted octanol–water partition coefficient (Wildman–Crippen LogP) is 4.23. The molecule has 4 rings (SSSR count). The first-order chi connectivity index (χ1) is 17.6. The molecule has 8 nitrogen and oxygen atoms in total. The molecule has 0 aromatic heterocycles. The van der Waals surface area contributed by atoms with Crippen molar-refractivity contribution in [2.45, 2.75) is 76.5 Å². The zero-order chi connectivity index (χ0) is 25.2. The van der Waals surface area contributed by atoms with Crippen LogP contribution in [0.4, 0.5) is 4.79 Å². The number of nitrogens with one attached hydrogen (secondary N) is 2. The van der Waals surface area contributed by atoms with Crippen molar-refractivity contribution in [3.8, 4) is 0 Å². The Hall–Kier alpha value is -3.39. The smallest absolute Gasteiger partial charge is 0.408 e. The molecule has 192 valence electrons. The molecule has 8 heteroatoms. The summed E-state index contributed by atoms with van der Waals surface area (Å²) in [4.78, 5) is 37.9. The van der Waals surface area contributed by atoms with E-state index in [0.717, 1.165) is 36.8 Å². The number of benzene rings is 2. The largest absolute Gasteiger partial charge is 0.445 e. The van der Waals surface area contributed by atoms with Gasteiger partial charge < -0.3 is 24.8 Å². The molecule has 1 saturated carbocycles. The molecule has 2 aromatic carbocycles. The van der Waals surface area contributed by atoms with Crippen LogP contribution in [0.3, 0.4) is 0 Å². The van der Waals surface area contributed by atoms with E-state index in [1.54, 1.807) is 0 Å². The Balaban J connectivity index is 1.36. The van der Waals surface area contributed by atoms with Gasteiger partial charge in [-0.3, -0.25) is 9.59 Å². The number of carbonyl (C=O) groups is 3. The van der Waals surface area contributed by atoms with Gasteiger partial charge in [-0.2, -0.15) is 0 Å². The van der Waals surface area contributed by atoms with Gasteiger partial charge in [-0.1, -0.05) is 92.8 Å². The van der Waals surface area contributed by atoms with E-state index in [4.69, 9.17) is 14.2 Å². The molecule has 2 aliphatic rings. The normalized spacial score (nSPS) is 20.8. The minimum atomic E-state index is -0.887. The topological polar surface area (TPSA) is 103 Å². The minimum Gasteiger partial charge on any atom is -0.445 e. The molecule has 1 heterocycles. The van der Waals surface area contributed by atoms with Crippen LogP contribution >= 0.6 is 0 Å². The molecule has 1 saturated heterocycles. The van der Waals surface area contributed by atoms with Crippen LogP contribution < -0.4 is 10.6 Å². The molecule has 0 spiro atoms. The number of rotatable bonds is 10. The lowest BCUT2D eigenvalue weighted by molar-refractivity contribution is -0.168. The maximum Gasteiger partial charge on any atom is 0.408 e. The van der Waals surface area contributed by atoms with E-state index in [9.17, 15) is 14.4 Å². The third kappa shape index (κ3) is 7.81. The first-order valence-corrected chi connectivity index (χ1v) is 12.7. The Bertz CT molecular complexity index is 994. The van der Waals surface area contributed by atoms with E-state index in [1.165, 1.54) is 6.42 Å². The number of alkyl carbamates (subject to hydrolysis) is 1. The van der Waals surface area contributed by atoms with Crippen LogP contribution in [0.25, 0.3) is 0 Å². The molecule has 2 amide bonds. The van der Waals surface area contributed by atoms with Crippen LogP contribution in [0.1, 0.15) is 56.1 Å². The van der Waals surface area contributed by atoms with E-state index in [1.807, 2.05) is 60.7 Å². The number of cyclic esters (lactones) is 1. The Kier molecular flexibility index (Phi) is 9.33.